The molecule has 0 aliphatic heterocycles. The van der Waals surface area contributed by atoms with E-state index in [1.165, 1.54) is 16.7 Å². The first-order valence-corrected chi connectivity index (χ1v) is 5.61. The van der Waals surface area contributed by atoms with E-state index in [0.29, 0.717) is 0 Å². The lowest BCUT2D eigenvalue weighted by Crippen LogP contribution is -2.31. The third kappa shape index (κ3) is 1.75. The molecule has 0 saturated heterocycles. The summed E-state index contributed by atoms with van der Waals surface area (Å²) >= 11 is 0. The highest BCUT2D eigenvalue weighted by Crippen LogP contribution is 2.38. The topological polar surface area (TPSA) is 20.3 Å². The number of rotatable bonds is 1. The molecule has 1 aliphatic carbocycles. The second-order valence-electron chi connectivity index (χ2n) is 4.38. The molecule has 1 aromatic carbocycles. The van der Waals surface area contributed by atoms with Crippen molar-refractivity contribution >= 4 is 11.5 Å². The highest BCUT2D eigenvalue weighted by Gasteiger charge is 2.26. The van der Waals surface area contributed by atoms with Crippen LogP contribution in [0.2, 0.25) is 0 Å². The highest BCUT2D eigenvalue weighted by molar-refractivity contribution is 5.75. The van der Waals surface area contributed by atoms with Gasteiger partial charge in [-0.3, -0.25) is 4.79 Å². The number of fused-ring (bicyclic) bond motifs is 1. The van der Waals surface area contributed by atoms with Gasteiger partial charge in [-0.1, -0.05) is 30.8 Å². The second kappa shape index (κ2) is 4.12. The van der Waals surface area contributed by atoms with Crippen molar-refractivity contribution in [2.75, 3.05) is 7.05 Å². The fourth-order valence-electron chi connectivity index (χ4n) is 2.33. The molecule has 1 aliphatic rings. The standard InChI is InChI=1S/C14H17NO/c1-10-8-9-14(15(3)11(2)16)13-7-5-4-6-12(10)13/h4-7,14H,1,8-9H2,2-3H3. The Balaban J connectivity index is 2.42. The van der Waals surface area contributed by atoms with Gasteiger partial charge < -0.3 is 4.90 Å². The van der Waals surface area contributed by atoms with Gasteiger partial charge in [0.1, 0.15) is 0 Å². The molecule has 0 heterocycles. The Kier molecular flexibility index (Phi) is 2.82. The fourth-order valence-corrected chi connectivity index (χ4v) is 2.33. The Bertz CT molecular complexity index is 436. The molecule has 0 saturated carbocycles. The smallest absolute Gasteiger partial charge is 0.219 e. The lowest BCUT2D eigenvalue weighted by atomic mass is 9.84. The number of carbonyl (C=O) groups is 1. The van der Waals surface area contributed by atoms with Crippen LogP contribution >= 0.6 is 0 Å². The molecule has 0 aromatic heterocycles. The lowest BCUT2D eigenvalue weighted by molar-refractivity contribution is -0.129. The zero-order chi connectivity index (χ0) is 11.7. The maximum absolute atomic E-state index is 11.4. The summed E-state index contributed by atoms with van der Waals surface area (Å²) in [4.78, 5) is 13.3. The van der Waals surface area contributed by atoms with Crippen molar-refractivity contribution in [2.24, 2.45) is 0 Å². The van der Waals surface area contributed by atoms with Gasteiger partial charge in [-0.15, -0.1) is 0 Å². The molecule has 1 amide bonds. The van der Waals surface area contributed by atoms with Crippen LogP contribution in [0.5, 0.6) is 0 Å². The highest BCUT2D eigenvalue weighted by atomic mass is 16.2. The molecule has 0 spiro atoms. The van der Waals surface area contributed by atoms with Crippen molar-refractivity contribution in [2.45, 2.75) is 25.8 Å². The predicted octanol–water partition coefficient (Wildman–Crippen LogP) is 3.01. The summed E-state index contributed by atoms with van der Waals surface area (Å²) in [5.41, 5.74) is 3.63. The maximum atomic E-state index is 11.4. The Hall–Kier alpha value is -1.57. The van der Waals surface area contributed by atoms with Gasteiger partial charge in [-0.05, 0) is 29.5 Å². The molecule has 0 radical (unpaired) electrons. The molecule has 84 valence electrons. The molecular formula is C14H17NO. The Morgan fingerprint density at radius 3 is 2.81 bits per heavy atom. The molecule has 1 atom stereocenters. The summed E-state index contributed by atoms with van der Waals surface area (Å²) in [6.45, 7) is 5.71. The van der Waals surface area contributed by atoms with Crippen LogP contribution in [0, 0.1) is 0 Å². The number of benzene rings is 1. The Morgan fingerprint density at radius 1 is 1.44 bits per heavy atom. The van der Waals surface area contributed by atoms with Crippen LogP contribution in [0.3, 0.4) is 0 Å². The van der Waals surface area contributed by atoms with Crippen LogP contribution in [0.25, 0.3) is 5.57 Å². The quantitative estimate of drug-likeness (QED) is 0.705. The maximum Gasteiger partial charge on any atom is 0.219 e. The van der Waals surface area contributed by atoms with E-state index in [2.05, 4.69) is 18.7 Å². The van der Waals surface area contributed by atoms with E-state index in [0.717, 1.165) is 12.8 Å². The molecule has 0 bridgehead atoms. The zero-order valence-electron chi connectivity index (χ0n) is 9.86. The predicted molar refractivity (Wildman–Crippen MR) is 65.9 cm³/mol. The van der Waals surface area contributed by atoms with Gasteiger partial charge in [0.05, 0.1) is 6.04 Å². The molecule has 1 unspecified atom stereocenters. The first-order valence-electron chi connectivity index (χ1n) is 5.61. The van der Waals surface area contributed by atoms with Crippen LogP contribution in [0.4, 0.5) is 0 Å². The molecule has 2 heteroatoms. The van der Waals surface area contributed by atoms with E-state index < -0.39 is 0 Å². The summed E-state index contributed by atoms with van der Waals surface area (Å²) < 4.78 is 0. The van der Waals surface area contributed by atoms with E-state index in [-0.39, 0.29) is 11.9 Å². The van der Waals surface area contributed by atoms with Gasteiger partial charge in [0, 0.05) is 14.0 Å². The molecule has 2 nitrogen and oxygen atoms in total. The van der Waals surface area contributed by atoms with Crippen LogP contribution < -0.4 is 0 Å². The summed E-state index contributed by atoms with van der Waals surface area (Å²) in [6.07, 6.45) is 1.95. The lowest BCUT2D eigenvalue weighted by Gasteiger charge is -2.33. The molecule has 16 heavy (non-hydrogen) atoms. The van der Waals surface area contributed by atoms with Crippen LogP contribution in [-0.4, -0.2) is 17.9 Å². The zero-order valence-corrected chi connectivity index (χ0v) is 9.86. The number of allylic oxidation sites excluding steroid dienone is 1. The monoisotopic (exact) mass is 215 g/mol. The fraction of sp³-hybridized carbons (Fsp3) is 0.357. The van der Waals surface area contributed by atoms with E-state index in [9.17, 15) is 4.79 Å². The largest absolute Gasteiger partial charge is 0.339 e. The number of amides is 1. The van der Waals surface area contributed by atoms with Gasteiger partial charge in [0.15, 0.2) is 0 Å². The Morgan fingerprint density at radius 2 is 2.12 bits per heavy atom. The van der Waals surface area contributed by atoms with Gasteiger partial charge in [-0.25, -0.2) is 0 Å². The number of hydrogen-bond acceptors (Lipinski definition) is 1. The molecule has 0 N–H and O–H groups in total. The number of nitrogens with zero attached hydrogens (tertiary/aromatic N) is 1. The molecule has 1 aromatic rings. The average Bonchev–Trinajstić information content (AvgIpc) is 2.29. The van der Waals surface area contributed by atoms with Crippen LogP contribution in [0.15, 0.2) is 30.8 Å². The van der Waals surface area contributed by atoms with Crippen molar-refractivity contribution < 1.29 is 4.79 Å². The van der Waals surface area contributed by atoms with E-state index >= 15 is 0 Å². The average molecular weight is 215 g/mol. The summed E-state index contributed by atoms with van der Waals surface area (Å²) in [5.74, 6) is 0.118. The molecule has 0 fully saturated rings. The van der Waals surface area contributed by atoms with Crippen molar-refractivity contribution in [1.82, 2.24) is 4.90 Å². The minimum Gasteiger partial charge on any atom is -0.339 e. The SMILES string of the molecule is C=C1CCC(N(C)C(C)=O)c2ccccc21. The van der Waals surface area contributed by atoms with Crippen molar-refractivity contribution in [3.63, 3.8) is 0 Å². The normalized spacial score (nSPS) is 19.1. The Labute approximate surface area is 96.6 Å². The molecular weight excluding hydrogens is 198 g/mol. The summed E-state index contributed by atoms with van der Waals surface area (Å²) in [6, 6.07) is 8.46. The third-order valence-electron chi connectivity index (χ3n) is 3.38. The summed E-state index contributed by atoms with van der Waals surface area (Å²) in [7, 11) is 1.87. The van der Waals surface area contributed by atoms with Crippen molar-refractivity contribution in [1.29, 1.82) is 0 Å². The number of carbonyl (C=O) groups excluding carboxylic acids is 1. The van der Waals surface area contributed by atoms with Crippen molar-refractivity contribution in [3.8, 4) is 0 Å². The van der Waals surface area contributed by atoms with Gasteiger partial charge in [0.25, 0.3) is 0 Å². The summed E-state index contributed by atoms with van der Waals surface area (Å²) in [5, 5.41) is 0. The first-order chi connectivity index (χ1) is 7.61. The van der Waals surface area contributed by atoms with E-state index in [1.807, 2.05) is 24.1 Å². The minimum atomic E-state index is 0.118. The third-order valence-corrected chi connectivity index (χ3v) is 3.38. The van der Waals surface area contributed by atoms with Crippen molar-refractivity contribution in [3.05, 3.63) is 42.0 Å². The van der Waals surface area contributed by atoms with Crippen LogP contribution in [0.1, 0.15) is 36.9 Å². The van der Waals surface area contributed by atoms with Gasteiger partial charge in [-0.2, -0.15) is 0 Å². The van der Waals surface area contributed by atoms with E-state index in [4.69, 9.17) is 0 Å². The van der Waals surface area contributed by atoms with Crippen LogP contribution in [-0.2, 0) is 4.79 Å². The molecule has 2 rings (SSSR count). The van der Waals surface area contributed by atoms with Gasteiger partial charge in [0.2, 0.25) is 5.91 Å². The first kappa shape index (κ1) is 10.9. The minimum absolute atomic E-state index is 0.118. The van der Waals surface area contributed by atoms with E-state index in [1.54, 1.807) is 6.92 Å². The number of hydrogen-bond donors (Lipinski definition) is 0. The van der Waals surface area contributed by atoms with Gasteiger partial charge >= 0.3 is 0 Å². The second-order valence-corrected chi connectivity index (χ2v) is 4.38.